The maximum atomic E-state index is 12.2. The molecule has 0 atom stereocenters. The number of nitrogens with zero attached hydrogens (tertiary/aromatic N) is 5. The van der Waals surface area contributed by atoms with Crippen LogP contribution in [-0.4, -0.2) is 69.0 Å². The van der Waals surface area contributed by atoms with Gasteiger partial charge in [-0.1, -0.05) is 5.16 Å². The maximum Gasteiger partial charge on any atom is 0.272 e. The normalized spacial score (nSPS) is 17.7. The summed E-state index contributed by atoms with van der Waals surface area (Å²) in [6.07, 6.45) is 3.19. The van der Waals surface area contributed by atoms with E-state index >= 15 is 0 Å². The second-order valence-corrected chi connectivity index (χ2v) is 4.55. The summed E-state index contributed by atoms with van der Waals surface area (Å²) in [6.45, 7) is 3.09. The summed E-state index contributed by atoms with van der Waals surface area (Å²) < 4.78 is 1.71. The van der Waals surface area contributed by atoms with Crippen LogP contribution in [0, 0.1) is 0 Å². The number of piperazine rings is 1. The summed E-state index contributed by atoms with van der Waals surface area (Å²) in [5, 5.41) is 11.5. The highest BCUT2D eigenvalue weighted by Gasteiger charge is 2.23. The number of hydrogen-bond donors (Lipinski definition) is 2. The van der Waals surface area contributed by atoms with E-state index in [-0.39, 0.29) is 11.7 Å². The van der Waals surface area contributed by atoms with Gasteiger partial charge in [0.2, 0.25) is 0 Å². The van der Waals surface area contributed by atoms with Gasteiger partial charge in [-0.2, -0.15) is 0 Å². The predicted molar refractivity (Wildman–Crippen MR) is 69.0 cm³/mol. The molecule has 1 aromatic heterocycles. The smallest absolute Gasteiger partial charge is 0.272 e. The van der Waals surface area contributed by atoms with Gasteiger partial charge in [-0.15, -0.1) is 0 Å². The van der Waals surface area contributed by atoms with Crippen molar-refractivity contribution in [3.63, 3.8) is 0 Å². The van der Waals surface area contributed by atoms with Gasteiger partial charge in [0, 0.05) is 33.2 Å². The Morgan fingerprint density at radius 3 is 2.68 bits per heavy atom. The Morgan fingerprint density at radius 2 is 2.16 bits per heavy atom. The Morgan fingerprint density at radius 1 is 1.47 bits per heavy atom. The molecule has 1 amide bonds. The highest BCUT2D eigenvalue weighted by Crippen LogP contribution is 2.07. The summed E-state index contributed by atoms with van der Waals surface area (Å²) in [6, 6.07) is 0. The molecular weight excluding hydrogens is 248 g/mol. The number of oxime groups is 1. The summed E-state index contributed by atoms with van der Waals surface area (Å²) >= 11 is 0. The molecule has 1 aliphatic rings. The van der Waals surface area contributed by atoms with Gasteiger partial charge >= 0.3 is 0 Å². The van der Waals surface area contributed by atoms with Gasteiger partial charge in [0.25, 0.3) is 5.91 Å². The molecular formula is C11H18N6O2. The first-order valence-corrected chi connectivity index (χ1v) is 6.06. The van der Waals surface area contributed by atoms with Gasteiger partial charge in [-0.3, -0.25) is 9.69 Å². The number of nitrogens with two attached hydrogens (primary N) is 1. The van der Waals surface area contributed by atoms with Crippen LogP contribution in [0.15, 0.2) is 17.7 Å². The predicted octanol–water partition coefficient (Wildman–Crippen LogP) is -1.08. The molecule has 8 nitrogen and oxygen atoms in total. The summed E-state index contributed by atoms with van der Waals surface area (Å²) in [5.74, 6) is 0.176. The Bertz CT molecular complexity index is 475. The molecule has 1 fully saturated rings. The Hall–Kier alpha value is -2.09. The molecule has 3 N–H and O–H groups in total. The fraction of sp³-hybridized carbons (Fsp3) is 0.545. The molecule has 0 spiro atoms. The summed E-state index contributed by atoms with van der Waals surface area (Å²) in [5.41, 5.74) is 6.05. The second kappa shape index (κ2) is 5.70. The lowest BCUT2D eigenvalue weighted by Gasteiger charge is -2.34. The topological polar surface area (TPSA) is 100.0 Å². The van der Waals surface area contributed by atoms with Crippen LogP contribution in [0.5, 0.6) is 0 Å². The van der Waals surface area contributed by atoms with Crippen molar-refractivity contribution in [1.29, 1.82) is 0 Å². The van der Waals surface area contributed by atoms with E-state index in [2.05, 4.69) is 10.1 Å². The number of amides is 1. The number of amidine groups is 1. The van der Waals surface area contributed by atoms with Crippen LogP contribution in [0.2, 0.25) is 0 Å². The van der Waals surface area contributed by atoms with Crippen LogP contribution < -0.4 is 5.73 Å². The van der Waals surface area contributed by atoms with Gasteiger partial charge in [0.05, 0.1) is 19.1 Å². The molecule has 1 saturated heterocycles. The van der Waals surface area contributed by atoms with E-state index in [0.717, 1.165) is 0 Å². The van der Waals surface area contributed by atoms with E-state index in [1.807, 2.05) is 4.90 Å². The lowest BCUT2D eigenvalue weighted by Crippen LogP contribution is -2.50. The SMILES string of the molecule is Cn1cncc1C(=O)N1CCN(C/C(N)=N/O)CC1. The molecule has 2 heterocycles. The van der Waals surface area contributed by atoms with Crippen molar-refractivity contribution in [3.05, 3.63) is 18.2 Å². The number of imidazole rings is 1. The Balaban J connectivity index is 1.90. The van der Waals surface area contributed by atoms with Gasteiger partial charge in [0.1, 0.15) is 5.69 Å². The number of hydrogen-bond acceptors (Lipinski definition) is 5. The van der Waals surface area contributed by atoms with Crippen molar-refractivity contribution < 1.29 is 10.0 Å². The molecule has 0 saturated carbocycles. The Kier molecular flexibility index (Phi) is 4.00. The molecule has 0 aromatic carbocycles. The highest BCUT2D eigenvalue weighted by molar-refractivity contribution is 5.92. The van der Waals surface area contributed by atoms with Crippen molar-refractivity contribution >= 4 is 11.7 Å². The molecule has 19 heavy (non-hydrogen) atoms. The molecule has 1 aromatic rings. The largest absolute Gasteiger partial charge is 0.409 e. The minimum absolute atomic E-state index is 0.0107. The van der Waals surface area contributed by atoms with Crippen LogP contribution in [0.1, 0.15) is 10.5 Å². The third-order valence-corrected chi connectivity index (χ3v) is 3.21. The van der Waals surface area contributed by atoms with Gasteiger partial charge < -0.3 is 20.4 Å². The van der Waals surface area contributed by atoms with Crippen LogP contribution in [0.4, 0.5) is 0 Å². The first-order chi connectivity index (χ1) is 9.11. The maximum absolute atomic E-state index is 12.2. The minimum Gasteiger partial charge on any atom is -0.409 e. The standard InChI is InChI=1S/C11H18N6O2/c1-15-8-13-6-9(15)11(18)17-4-2-16(3-5-17)7-10(12)14-19/h6,8,19H,2-5,7H2,1H3,(H2,12,14). The number of aryl methyl sites for hydroxylation is 1. The van der Waals surface area contributed by atoms with Crippen LogP contribution in [-0.2, 0) is 7.05 Å². The van der Waals surface area contributed by atoms with Gasteiger partial charge in [-0.25, -0.2) is 4.98 Å². The third-order valence-electron chi connectivity index (χ3n) is 3.21. The zero-order chi connectivity index (χ0) is 13.8. The summed E-state index contributed by atoms with van der Waals surface area (Å²) in [4.78, 5) is 20.0. The quantitative estimate of drug-likeness (QED) is 0.314. The van der Waals surface area contributed by atoms with Crippen LogP contribution in [0.3, 0.4) is 0 Å². The second-order valence-electron chi connectivity index (χ2n) is 4.55. The van der Waals surface area contributed by atoms with Crippen molar-refractivity contribution in [3.8, 4) is 0 Å². The molecule has 2 rings (SSSR count). The van der Waals surface area contributed by atoms with E-state index in [0.29, 0.717) is 38.4 Å². The minimum atomic E-state index is -0.0107. The molecule has 0 aliphatic carbocycles. The van der Waals surface area contributed by atoms with E-state index < -0.39 is 0 Å². The average Bonchev–Trinajstić information content (AvgIpc) is 2.85. The molecule has 8 heteroatoms. The highest BCUT2D eigenvalue weighted by atomic mass is 16.4. The molecule has 0 bridgehead atoms. The lowest BCUT2D eigenvalue weighted by atomic mass is 10.2. The zero-order valence-electron chi connectivity index (χ0n) is 10.9. The molecule has 104 valence electrons. The van der Waals surface area contributed by atoms with Crippen molar-refractivity contribution in [2.45, 2.75) is 0 Å². The Labute approximate surface area is 111 Å². The zero-order valence-corrected chi connectivity index (χ0v) is 10.9. The van der Waals surface area contributed by atoms with Crippen molar-refractivity contribution in [1.82, 2.24) is 19.4 Å². The van der Waals surface area contributed by atoms with E-state index in [1.54, 1.807) is 29.0 Å². The first-order valence-electron chi connectivity index (χ1n) is 6.06. The van der Waals surface area contributed by atoms with E-state index in [4.69, 9.17) is 10.9 Å². The average molecular weight is 266 g/mol. The monoisotopic (exact) mass is 266 g/mol. The van der Waals surface area contributed by atoms with Gasteiger partial charge in [-0.05, 0) is 0 Å². The van der Waals surface area contributed by atoms with Crippen molar-refractivity contribution in [2.24, 2.45) is 17.9 Å². The van der Waals surface area contributed by atoms with E-state index in [1.165, 1.54) is 0 Å². The van der Waals surface area contributed by atoms with Crippen LogP contribution >= 0.6 is 0 Å². The van der Waals surface area contributed by atoms with Crippen LogP contribution in [0.25, 0.3) is 0 Å². The number of carbonyl (C=O) groups is 1. The fourth-order valence-electron chi connectivity index (χ4n) is 2.10. The van der Waals surface area contributed by atoms with Crippen molar-refractivity contribution in [2.75, 3.05) is 32.7 Å². The number of rotatable bonds is 3. The number of carbonyl (C=O) groups excluding carboxylic acids is 1. The number of aromatic nitrogens is 2. The third kappa shape index (κ3) is 3.02. The first kappa shape index (κ1) is 13.3. The lowest BCUT2D eigenvalue weighted by molar-refractivity contribution is 0.0643. The molecule has 0 radical (unpaired) electrons. The van der Waals surface area contributed by atoms with E-state index in [9.17, 15) is 4.79 Å². The summed E-state index contributed by atoms with van der Waals surface area (Å²) in [7, 11) is 1.80. The molecule has 1 aliphatic heterocycles. The fourth-order valence-corrected chi connectivity index (χ4v) is 2.10. The van der Waals surface area contributed by atoms with Gasteiger partial charge in [0.15, 0.2) is 5.84 Å². The molecule has 0 unspecified atom stereocenters.